The van der Waals surface area contributed by atoms with Crippen LogP contribution in [0.4, 0.5) is 11.4 Å². The largest absolute Gasteiger partial charge is 0.487 e. The second-order valence-corrected chi connectivity index (χ2v) is 4.94. The number of carbonyl (C=O) groups excluding carboxylic acids is 1. The maximum atomic E-state index is 11.3. The number of hydrogen-bond acceptors (Lipinski definition) is 4. The molecule has 1 amide bonds. The van der Waals surface area contributed by atoms with E-state index in [1.165, 1.54) is 0 Å². The maximum absolute atomic E-state index is 11.3. The van der Waals surface area contributed by atoms with Gasteiger partial charge in [-0.2, -0.15) is 0 Å². The van der Waals surface area contributed by atoms with Gasteiger partial charge in [-0.25, -0.2) is 0 Å². The summed E-state index contributed by atoms with van der Waals surface area (Å²) in [4.78, 5) is 15.6. The second kappa shape index (κ2) is 5.83. The Morgan fingerprint density at radius 1 is 1.29 bits per heavy atom. The Bertz CT molecular complexity index is 670. The van der Waals surface area contributed by atoms with E-state index in [4.69, 9.17) is 4.74 Å². The van der Waals surface area contributed by atoms with Crippen molar-refractivity contribution < 1.29 is 9.53 Å². The molecule has 5 nitrogen and oxygen atoms in total. The van der Waals surface area contributed by atoms with Crippen LogP contribution in [-0.4, -0.2) is 17.9 Å². The molecule has 0 spiro atoms. The monoisotopic (exact) mass is 283 g/mol. The van der Waals surface area contributed by atoms with E-state index in [0.29, 0.717) is 13.0 Å². The van der Waals surface area contributed by atoms with Crippen molar-refractivity contribution in [2.45, 2.75) is 19.4 Å². The molecule has 3 rings (SSSR count). The van der Waals surface area contributed by atoms with Crippen LogP contribution in [-0.2, 0) is 17.8 Å². The summed E-state index contributed by atoms with van der Waals surface area (Å²) in [7, 11) is 1.87. The number of rotatable bonds is 4. The lowest BCUT2D eigenvalue weighted by atomic mass is 10.0. The molecule has 1 aliphatic rings. The number of ether oxygens (including phenoxy) is 1. The molecule has 108 valence electrons. The molecule has 21 heavy (non-hydrogen) atoms. The number of anilines is 2. The van der Waals surface area contributed by atoms with Crippen molar-refractivity contribution in [2.24, 2.45) is 0 Å². The van der Waals surface area contributed by atoms with Gasteiger partial charge in [0.2, 0.25) is 5.91 Å². The highest BCUT2D eigenvalue weighted by Crippen LogP contribution is 2.27. The number of carbonyl (C=O) groups is 1. The lowest BCUT2D eigenvalue weighted by Gasteiger charge is -2.17. The third-order valence-corrected chi connectivity index (χ3v) is 3.46. The summed E-state index contributed by atoms with van der Waals surface area (Å²) >= 11 is 0. The van der Waals surface area contributed by atoms with Gasteiger partial charge in [-0.1, -0.05) is 0 Å². The fourth-order valence-electron chi connectivity index (χ4n) is 2.32. The first kappa shape index (κ1) is 13.4. The fourth-order valence-corrected chi connectivity index (χ4v) is 2.32. The van der Waals surface area contributed by atoms with Crippen LogP contribution in [0.25, 0.3) is 0 Å². The summed E-state index contributed by atoms with van der Waals surface area (Å²) in [6.07, 6.45) is 3.04. The lowest BCUT2D eigenvalue weighted by molar-refractivity contribution is -0.116. The van der Waals surface area contributed by atoms with Crippen molar-refractivity contribution in [1.29, 1.82) is 0 Å². The Morgan fingerprint density at radius 2 is 2.19 bits per heavy atom. The van der Waals surface area contributed by atoms with Crippen molar-refractivity contribution >= 4 is 17.3 Å². The van der Waals surface area contributed by atoms with Crippen LogP contribution in [0.1, 0.15) is 17.7 Å². The minimum Gasteiger partial charge on any atom is -0.487 e. The van der Waals surface area contributed by atoms with Crippen molar-refractivity contribution in [3.05, 3.63) is 47.8 Å². The first-order chi connectivity index (χ1) is 10.2. The van der Waals surface area contributed by atoms with Crippen LogP contribution in [0.2, 0.25) is 0 Å². The van der Waals surface area contributed by atoms with Crippen molar-refractivity contribution in [1.82, 2.24) is 4.98 Å². The zero-order valence-corrected chi connectivity index (χ0v) is 11.8. The minimum atomic E-state index is 0.0734. The van der Waals surface area contributed by atoms with Gasteiger partial charge in [0, 0.05) is 31.0 Å². The second-order valence-electron chi connectivity index (χ2n) is 4.94. The SMILES string of the molecule is CNc1ccnc(COc2ccc3c(c2)CCC(=O)N3)c1. The molecule has 0 bridgehead atoms. The first-order valence-corrected chi connectivity index (χ1v) is 6.93. The van der Waals surface area contributed by atoms with E-state index in [-0.39, 0.29) is 5.91 Å². The molecule has 0 aliphatic carbocycles. The molecular formula is C16H17N3O2. The summed E-state index contributed by atoms with van der Waals surface area (Å²) in [6.45, 7) is 0.417. The number of benzene rings is 1. The number of hydrogen-bond donors (Lipinski definition) is 2. The maximum Gasteiger partial charge on any atom is 0.224 e. The molecule has 1 aromatic carbocycles. The Morgan fingerprint density at radius 3 is 3.05 bits per heavy atom. The Hall–Kier alpha value is -2.56. The molecule has 5 heteroatoms. The molecule has 2 N–H and O–H groups in total. The summed E-state index contributed by atoms with van der Waals surface area (Å²) in [5.41, 5.74) is 3.88. The smallest absolute Gasteiger partial charge is 0.224 e. The quantitative estimate of drug-likeness (QED) is 0.905. The van der Waals surface area contributed by atoms with Gasteiger partial charge in [-0.05, 0) is 42.3 Å². The Kier molecular flexibility index (Phi) is 3.73. The Balaban J connectivity index is 1.69. The van der Waals surface area contributed by atoms with Gasteiger partial charge in [-0.3, -0.25) is 9.78 Å². The van der Waals surface area contributed by atoms with E-state index in [1.54, 1.807) is 6.20 Å². The number of nitrogens with zero attached hydrogens (tertiary/aromatic N) is 1. The highest BCUT2D eigenvalue weighted by atomic mass is 16.5. The van der Waals surface area contributed by atoms with E-state index in [9.17, 15) is 4.79 Å². The number of amides is 1. The van der Waals surface area contributed by atoms with Gasteiger partial charge in [-0.15, -0.1) is 0 Å². The predicted molar refractivity (Wildman–Crippen MR) is 81.5 cm³/mol. The number of aromatic nitrogens is 1. The van der Waals surface area contributed by atoms with E-state index in [1.807, 2.05) is 37.4 Å². The number of fused-ring (bicyclic) bond motifs is 1. The molecule has 0 saturated heterocycles. The van der Waals surface area contributed by atoms with Gasteiger partial charge in [0.1, 0.15) is 12.4 Å². The third-order valence-electron chi connectivity index (χ3n) is 3.46. The highest BCUT2D eigenvalue weighted by molar-refractivity contribution is 5.93. The average Bonchev–Trinajstić information content (AvgIpc) is 2.53. The van der Waals surface area contributed by atoms with E-state index in [2.05, 4.69) is 15.6 Å². The van der Waals surface area contributed by atoms with Crippen molar-refractivity contribution in [2.75, 3.05) is 17.7 Å². The fraction of sp³-hybridized carbons (Fsp3) is 0.250. The third kappa shape index (κ3) is 3.13. The van der Waals surface area contributed by atoms with E-state index in [0.717, 1.165) is 34.8 Å². The van der Waals surface area contributed by atoms with Crippen LogP contribution in [0.5, 0.6) is 5.75 Å². The normalized spacial score (nSPS) is 13.3. The average molecular weight is 283 g/mol. The predicted octanol–water partition coefficient (Wildman–Crippen LogP) is 2.59. The van der Waals surface area contributed by atoms with Gasteiger partial charge < -0.3 is 15.4 Å². The number of aryl methyl sites for hydroxylation is 1. The minimum absolute atomic E-state index is 0.0734. The Labute approximate surface area is 123 Å². The molecule has 0 atom stereocenters. The lowest BCUT2D eigenvalue weighted by Crippen LogP contribution is -2.18. The van der Waals surface area contributed by atoms with Crippen LogP contribution in [0.3, 0.4) is 0 Å². The van der Waals surface area contributed by atoms with Gasteiger partial charge in [0.05, 0.1) is 5.69 Å². The first-order valence-electron chi connectivity index (χ1n) is 6.93. The summed E-state index contributed by atoms with van der Waals surface area (Å²) in [6, 6.07) is 9.60. The van der Waals surface area contributed by atoms with Gasteiger partial charge >= 0.3 is 0 Å². The summed E-state index contributed by atoms with van der Waals surface area (Å²) < 4.78 is 5.78. The van der Waals surface area contributed by atoms with Gasteiger partial charge in [0.15, 0.2) is 0 Å². The van der Waals surface area contributed by atoms with Crippen LogP contribution >= 0.6 is 0 Å². The van der Waals surface area contributed by atoms with Crippen LogP contribution < -0.4 is 15.4 Å². The summed E-state index contributed by atoms with van der Waals surface area (Å²) in [5.74, 6) is 0.866. The molecule has 0 radical (unpaired) electrons. The van der Waals surface area contributed by atoms with Gasteiger partial charge in [0.25, 0.3) is 0 Å². The van der Waals surface area contributed by atoms with E-state index >= 15 is 0 Å². The summed E-state index contributed by atoms with van der Waals surface area (Å²) in [5, 5.41) is 5.94. The van der Waals surface area contributed by atoms with Crippen LogP contribution in [0.15, 0.2) is 36.5 Å². The van der Waals surface area contributed by atoms with E-state index < -0.39 is 0 Å². The zero-order valence-electron chi connectivity index (χ0n) is 11.8. The number of nitrogens with one attached hydrogen (secondary N) is 2. The highest BCUT2D eigenvalue weighted by Gasteiger charge is 2.15. The molecule has 1 aromatic heterocycles. The van der Waals surface area contributed by atoms with Crippen molar-refractivity contribution in [3.63, 3.8) is 0 Å². The molecule has 1 aliphatic heterocycles. The topological polar surface area (TPSA) is 63.3 Å². The zero-order chi connectivity index (χ0) is 14.7. The molecule has 2 heterocycles. The molecular weight excluding hydrogens is 266 g/mol. The number of pyridine rings is 1. The standard InChI is InChI=1S/C16H17N3O2/c1-17-12-6-7-18-13(9-12)10-21-14-3-4-15-11(8-14)2-5-16(20)19-15/h3-4,6-9H,2,5,10H2,1H3,(H,17,18)(H,19,20). The molecule has 0 saturated carbocycles. The van der Waals surface area contributed by atoms with Crippen LogP contribution in [0, 0.1) is 0 Å². The molecule has 2 aromatic rings. The molecule has 0 fully saturated rings. The van der Waals surface area contributed by atoms with Crippen molar-refractivity contribution in [3.8, 4) is 5.75 Å². The molecule has 0 unspecified atom stereocenters.